The topological polar surface area (TPSA) is 81.4 Å². The van der Waals surface area contributed by atoms with Crippen LogP contribution in [0.15, 0.2) is 47.5 Å². The van der Waals surface area contributed by atoms with Gasteiger partial charge >= 0.3 is 0 Å². The minimum atomic E-state index is -0.452. The number of aromatic nitrogens is 3. The van der Waals surface area contributed by atoms with Crippen molar-refractivity contribution in [2.24, 2.45) is 4.99 Å². The molecule has 0 spiro atoms. The van der Waals surface area contributed by atoms with Gasteiger partial charge in [0.05, 0.1) is 24.9 Å². The first kappa shape index (κ1) is 20.8. The van der Waals surface area contributed by atoms with Crippen LogP contribution in [0.3, 0.4) is 0 Å². The monoisotopic (exact) mass is 417 g/mol. The molecule has 0 saturated carbocycles. The van der Waals surface area contributed by atoms with E-state index in [0.717, 1.165) is 40.5 Å². The normalized spacial score (nSPS) is 14.8. The van der Waals surface area contributed by atoms with Gasteiger partial charge in [0.2, 0.25) is 5.91 Å². The van der Waals surface area contributed by atoms with Crippen molar-refractivity contribution in [1.82, 2.24) is 20.1 Å². The molecule has 7 nitrogen and oxygen atoms in total. The second-order valence-corrected chi connectivity index (χ2v) is 7.53. The van der Waals surface area contributed by atoms with E-state index in [1.54, 1.807) is 7.11 Å². The molecule has 0 bridgehead atoms. The first-order valence-corrected chi connectivity index (χ1v) is 10.6. The van der Waals surface area contributed by atoms with Gasteiger partial charge in [-0.2, -0.15) is 0 Å². The number of aliphatic imine (C=N–C) groups is 1. The Hall–Kier alpha value is -3.48. The molecule has 4 rings (SSSR count). The summed E-state index contributed by atoms with van der Waals surface area (Å²) in [5.41, 5.74) is 4.91. The molecule has 160 valence electrons. The molecule has 1 unspecified atom stereocenters. The maximum atomic E-state index is 12.5. The quantitative estimate of drug-likeness (QED) is 0.665. The molecule has 7 heteroatoms. The fourth-order valence-electron chi connectivity index (χ4n) is 3.91. The Labute approximate surface area is 182 Å². The predicted octanol–water partition coefficient (Wildman–Crippen LogP) is 3.57. The Balaban J connectivity index is 1.94. The number of hydrogen-bond acceptors (Lipinski definition) is 5. The summed E-state index contributed by atoms with van der Waals surface area (Å²) < 4.78 is 7.50. The molecule has 1 atom stereocenters. The van der Waals surface area contributed by atoms with E-state index in [2.05, 4.69) is 46.7 Å². The van der Waals surface area contributed by atoms with Gasteiger partial charge in [0.15, 0.2) is 5.82 Å². The lowest BCUT2D eigenvalue weighted by Crippen LogP contribution is -2.25. The summed E-state index contributed by atoms with van der Waals surface area (Å²) in [6, 6.07) is 13.9. The minimum absolute atomic E-state index is 0.0623. The molecule has 1 N–H and O–H groups in total. The summed E-state index contributed by atoms with van der Waals surface area (Å²) in [4.78, 5) is 17.6. The number of hydrogen-bond donors (Lipinski definition) is 1. The van der Waals surface area contributed by atoms with Crippen molar-refractivity contribution in [3.05, 3.63) is 70.8 Å². The van der Waals surface area contributed by atoms with E-state index < -0.39 is 6.04 Å². The number of nitrogens with zero attached hydrogens (tertiary/aromatic N) is 4. The average Bonchev–Trinajstić information content (AvgIpc) is 3.11. The zero-order chi connectivity index (χ0) is 22.0. The van der Waals surface area contributed by atoms with Crippen molar-refractivity contribution in [1.29, 1.82) is 0 Å². The molecule has 0 saturated heterocycles. The van der Waals surface area contributed by atoms with Gasteiger partial charge in [-0.15, -0.1) is 10.2 Å². The number of methoxy groups -OCH3 is 1. The SMILES string of the molecule is CCNC(=O)CC1N=C(c2ccc(CC)cc2)c2cc(OC)ccc2-n2c(C)nnc21. The molecule has 2 aromatic carbocycles. The smallest absolute Gasteiger partial charge is 0.222 e. The van der Waals surface area contributed by atoms with Crippen LogP contribution in [-0.2, 0) is 11.2 Å². The van der Waals surface area contributed by atoms with Crippen molar-refractivity contribution in [3.63, 3.8) is 0 Å². The zero-order valence-electron chi connectivity index (χ0n) is 18.3. The summed E-state index contributed by atoms with van der Waals surface area (Å²) in [5.74, 6) is 2.09. The third-order valence-corrected chi connectivity index (χ3v) is 5.52. The second kappa shape index (κ2) is 8.71. The summed E-state index contributed by atoms with van der Waals surface area (Å²) in [5, 5.41) is 11.6. The molecule has 1 aliphatic heterocycles. The number of nitrogens with one attached hydrogen (secondary N) is 1. The van der Waals surface area contributed by atoms with Gasteiger partial charge in [-0.25, -0.2) is 0 Å². The van der Waals surface area contributed by atoms with Crippen molar-refractivity contribution >= 4 is 11.6 Å². The molecule has 1 aliphatic rings. The number of amides is 1. The highest BCUT2D eigenvalue weighted by atomic mass is 16.5. The van der Waals surface area contributed by atoms with E-state index >= 15 is 0 Å². The van der Waals surface area contributed by atoms with Crippen molar-refractivity contribution < 1.29 is 9.53 Å². The summed E-state index contributed by atoms with van der Waals surface area (Å²) in [6.07, 6.45) is 1.17. The van der Waals surface area contributed by atoms with Crippen LogP contribution in [0.2, 0.25) is 0 Å². The summed E-state index contributed by atoms with van der Waals surface area (Å²) >= 11 is 0. The first-order chi connectivity index (χ1) is 15.0. The fraction of sp³-hybridized carbons (Fsp3) is 0.333. The summed E-state index contributed by atoms with van der Waals surface area (Å²) in [7, 11) is 1.65. The van der Waals surface area contributed by atoms with Gasteiger partial charge in [0.25, 0.3) is 0 Å². The largest absolute Gasteiger partial charge is 0.497 e. The maximum Gasteiger partial charge on any atom is 0.222 e. The number of carbonyl (C=O) groups excluding carboxylic acids is 1. The van der Waals surface area contributed by atoms with Crippen LogP contribution < -0.4 is 10.1 Å². The van der Waals surface area contributed by atoms with Crippen molar-refractivity contribution in [2.45, 2.75) is 39.7 Å². The number of aryl methyl sites for hydroxylation is 2. The summed E-state index contributed by atoms with van der Waals surface area (Å²) in [6.45, 7) is 6.53. The number of fused-ring (bicyclic) bond motifs is 3. The van der Waals surface area contributed by atoms with Gasteiger partial charge in [-0.05, 0) is 44.0 Å². The molecular weight excluding hydrogens is 390 g/mol. The zero-order valence-corrected chi connectivity index (χ0v) is 18.3. The Morgan fingerprint density at radius 2 is 1.90 bits per heavy atom. The third kappa shape index (κ3) is 3.95. The fourth-order valence-corrected chi connectivity index (χ4v) is 3.91. The lowest BCUT2D eigenvalue weighted by atomic mass is 9.98. The highest BCUT2D eigenvalue weighted by molar-refractivity contribution is 6.15. The third-order valence-electron chi connectivity index (χ3n) is 5.52. The van der Waals surface area contributed by atoms with Crippen LogP contribution in [0, 0.1) is 6.92 Å². The van der Waals surface area contributed by atoms with E-state index in [1.165, 1.54) is 5.56 Å². The standard InChI is InChI=1S/C24H27N5O2/c1-5-16-7-9-17(10-8-16)23-19-13-18(31-4)11-12-21(19)29-15(3)27-28-24(29)20(26-23)14-22(30)25-6-2/h7-13,20H,5-6,14H2,1-4H3,(H,25,30). The molecule has 31 heavy (non-hydrogen) atoms. The number of rotatable bonds is 6. The van der Waals surface area contributed by atoms with Crippen LogP contribution in [0.25, 0.3) is 5.69 Å². The van der Waals surface area contributed by atoms with E-state index in [9.17, 15) is 4.79 Å². The molecule has 0 fully saturated rings. The van der Waals surface area contributed by atoms with Gasteiger partial charge < -0.3 is 10.1 Å². The molecule has 0 aliphatic carbocycles. The molecule has 0 radical (unpaired) electrons. The molecule has 1 aromatic heterocycles. The molecule has 2 heterocycles. The maximum absolute atomic E-state index is 12.5. The van der Waals surface area contributed by atoms with Crippen LogP contribution in [0.1, 0.15) is 54.6 Å². The first-order valence-electron chi connectivity index (χ1n) is 10.6. The van der Waals surface area contributed by atoms with Crippen LogP contribution in [-0.4, -0.2) is 40.0 Å². The average molecular weight is 418 g/mol. The van der Waals surface area contributed by atoms with E-state index in [1.807, 2.05) is 36.6 Å². The molecule has 1 amide bonds. The highest BCUT2D eigenvalue weighted by Gasteiger charge is 2.29. The lowest BCUT2D eigenvalue weighted by Gasteiger charge is -2.14. The Kier molecular flexibility index (Phi) is 5.84. The Morgan fingerprint density at radius 1 is 1.13 bits per heavy atom. The number of ether oxygens (including phenoxy) is 1. The van der Waals surface area contributed by atoms with Crippen molar-refractivity contribution in [3.8, 4) is 11.4 Å². The van der Waals surface area contributed by atoms with E-state index in [0.29, 0.717) is 12.4 Å². The van der Waals surface area contributed by atoms with Gasteiger partial charge in [-0.1, -0.05) is 31.2 Å². The van der Waals surface area contributed by atoms with Crippen LogP contribution in [0.4, 0.5) is 0 Å². The minimum Gasteiger partial charge on any atom is -0.497 e. The Bertz CT molecular complexity index is 1130. The van der Waals surface area contributed by atoms with Crippen molar-refractivity contribution in [2.75, 3.05) is 13.7 Å². The van der Waals surface area contributed by atoms with Gasteiger partial charge in [-0.3, -0.25) is 14.4 Å². The molecule has 3 aromatic rings. The number of benzene rings is 2. The van der Waals surface area contributed by atoms with Crippen LogP contribution >= 0.6 is 0 Å². The molecular formula is C24H27N5O2. The second-order valence-electron chi connectivity index (χ2n) is 7.53. The van der Waals surface area contributed by atoms with Gasteiger partial charge in [0, 0.05) is 17.7 Å². The van der Waals surface area contributed by atoms with Gasteiger partial charge in [0.1, 0.15) is 17.6 Å². The van der Waals surface area contributed by atoms with Crippen LogP contribution in [0.5, 0.6) is 5.75 Å². The lowest BCUT2D eigenvalue weighted by molar-refractivity contribution is -0.121. The number of carbonyl (C=O) groups is 1. The van der Waals surface area contributed by atoms with E-state index in [-0.39, 0.29) is 12.3 Å². The highest BCUT2D eigenvalue weighted by Crippen LogP contribution is 2.34. The van der Waals surface area contributed by atoms with E-state index in [4.69, 9.17) is 9.73 Å². The Morgan fingerprint density at radius 3 is 2.58 bits per heavy atom. The predicted molar refractivity (Wildman–Crippen MR) is 120 cm³/mol.